The number of hydrogen-bond acceptors (Lipinski definition) is 3. The van der Waals surface area contributed by atoms with E-state index in [-0.39, 0.29) is 6.04 Å². The van der Waals surface area contributed by atoms with Gasteiger partial charge in [0.2, 0.25) is 0 Å². The fourth-order valence-corrected chi connectivity index (χ4v) is 2.20. The van der Waals surface area contributed by atoms with Crippen LogP contribution in [0.15, 0.2) is 16.6 Å². The van der Waals surface area contributed by atoms with Gasteiger partial charge in [0.15, 0.2) is 0 Å². The number of nitriles is 1. The molecule has 0 radical (unpaired) electrons. The van der Waals surface area contributed by atoms with Crippen LogP contribution in [0, 0.1) is 11.3 Å². The van der Waals surface area contributed by atoms with Gasteiger partial charge in [0, 0.05) is 22.5 Å². The first-order chi connectivity index (χ1) is 6.74. The van der Waals surface area contributed by atoms with Crippen molar-refractivity contribution in [1.29, 1.82) is 5.26 Å². The monoisotopic (exact) mass is 252 g/mol. The van der Waals surface area contributed by atoms with E-state index < -0.39 is 0 Å². The summed E-state index contributed by atoms with van der Waals surface area (Å²) in [5.41, 5.74) is 7.42. The topological polar surface area (TPSA) is 59.0 Å². The zero-order valence-electron chi connectivity index (χ0n) is 7.46. The lowest BCUT2D eigenvalue weighted by molar-refractivity contribution is 0.267. The van der Waals surface area contributed by atoms with Crippen molar-refractivity contribution in [2.45, 2.75) is 12.5 Å². The average molecular weight is 253 g/mol. The minimum absolute atomic E-state index is 0.0403. The van der Waals surface area contributed by atoms with Gasteiger partial charge in [-0.2, -0.15) is 5.26 Å². The number of benzene rings is 1. The summed E-state index contributed by atoms with van der Waals surface area (Å²) < 4.78 is 6.38. The minimum atomic E-state index is -0.0403. The first kappa shape index (κ1) is 9.50. The number of ether oxygens (including phenoxy) is 1. The van der Waals surface area contributed by atoms with E-state index in [0.29, 0.717) is 17.9 Å². The summed E-state index contributed by atoms with van der Waals surface area (Å²) in [5.74, 6) is 0.639. The predicted octanol–water partition coefficient (Wildman–Crippen LogP) is 2.10. The van der Waals surface area contributed by atoms with E-state index in [1.165, 1.54) is 0 Å². The molecular formula is C10H9BrN2O. The van der Waals surface area contributed by atoms with Crippen LogP contribution in [0.3, 0.4) is 0 Å². The number of rotatable bonds is 0. The highest BCUT2D eigenvalue weighted by molar-refractivity contribution is 9.10. The molecule has 0 amide bonds. The standard InChI is InChI=1S/C10H9BrN2O/c11-7-2-1-6(5-12)10-9(7)8(13)3-4-14-10/h1-2,8H,3-4,13H2/t8-/m1/s1. The van der Waals surface area contributed by atoms with E-state index in [1.807, 2.05) is 6.07 Å². The molecule has 0 saturated heterocycles. The Hall–Kier alpha value is -1.05. The summed E-state index contributed by atoms with van der Waals surface area (Å²) in [4.78, 5) is 0. The van der Waals surface area contributed by atoms with Gasteiger partial charge in [-0.25, -0.2) is 0 Å². The van der Waals surface area contributed by atoms with Crippen LogP contribution in [-0.4, -0.2) is 6.61 Å². The van der Waals surface area contributed by atoms with Crippen LogP contribution in [0.4, 0.5) is 0 Å². The second-order valence-electron chi connectivity index (χ2n) is 3.19. The summed E-state index contributed by atoms with van der Waals surface area (Å²) in [5, 5.41) is 8.88. The van der Waals surface area contributed by atoms with Gasteiger partial charge in [0.25, 0.3) is 0 Å². The predicted molar refractivity (Wildman–Crippen MR) is 55.9 cm³/mol. The Morgan fingerprint density at radius 1 is 1.57 bits per heavy atom. The maximum atomic E-state index is 8.88. The van der Waals surface area contributed by atoms with Crippen molar-refractivity contribution in [3.63, 3.8) is 0 Å². The molecule has 1 aromatic carbocycles. The van der Waals surface area contributed by atoms with Crippen molar-refractivity contribution in [1.82, 2.24) is 0 Å². The molecule has 2 rings (SSSR count). The Balaban J connectivity index is 2.65. The van der Waals surface area contributed by atoms with E-state index in [1.54, 1.807) is 6.07 Å². The molecule has 0 unspecified atom stereocenters. The molecule has 2 N–H and O–H groups in total. The Morgan fingerprint density at radius 3 is 3.07 bits per heavy atom. The SMILES string of the molecule is N#Cc1ccc(Br)c2c1OCC[C@H]2N. The number of fused-ring (bicyclic) bond motifs is 1. The molecule has 0 bridgehead atoms. The van der Waals surface area contributed by atoms with Gasteiger partial charge in [-0.1, -0.05) is 15.9 Å². The molecule has 3 nitrogen and oxygen atoms in total. The summed E-state index contributed by atoms with van der Waals surface area (Å²) >= 11 is 3.42. The fourth-order valence-electron chi connectivity index (χ4n) is 1.60. The molecule has 4 heteroatoms. The van der Waals surface area contributed by atoms with Gasteiger partial charge in [-0.15, -0.1) is 0 Å². The Bertz CT molecular complexity index is 411. The van der Waals surface area contributed by atoms with Gasteiger partial charge in [0.05, 0.1) is 12.2 Å². The van der Waals surface area contributed by atoms with Crippen molar-refractivity contribution >= 4 is 15.9 Å². The average Bonchev–Trinajstić information content (AvgIpc) is 2.18. The summed E-state index contributed by atoms with van der Waals surface area (Å²) in [6.45, 7) is 0.583. The number of nitrogens with two attached hydrogens (primary N) is 1. The summed E-state index contributed by atoms with van der Waals surface area (Å²) in [6, 6.07) is 5.64. The van der Waals surface area contributed by atoms with Crippen molar-refractivity contribution < 1.29 is 4.74 Å². The van der Waals surface area contributed by atoms with Crippen molar-refractivity contribution in [2.24, 2.45) is 5.73 Å². The quantitative estimate of drug-likeness (QED) is 0.770. The Labute approximate surface area is 90.6 Å². The molecule has 1 heterocycles. The number of hydrogen-bond donors (Lipinski definition) is 1. The van der Waals surface area contributed by atoms with Gasteiger partial charge >= 0.3 is 0 Å². The van der Waals surface area contributed by atoms with E-state index >= 15 is 0 Å². The lowest BCUT2D eigenvalue weighted by Gasteiger charge is -2.24. The molecular weight excluding hydrogens is 244 g/mol. The third-order valence-corrected chi connectivity index (χ3v) is 3.00. The van der Waals surface area contributed by atoms with Crippen LogP contribution in [-0.2, 0) is 0 Å². The van der Waals surface area contributed by atoms with Crippen LogP contribution in [0.25, 0.3) is 0 Å². The third kappa shape index (κ3) is 1.39. The van der Waals surface area contributed by atoms with Crippen LogP contribution in [0.5, 0.6) is 5.75 Å². The highest BCUT2D eigenvalue weighted by atomic mass is 79.9. The van der Waals surface area contributed by atoms with Crippen LogP contribution >= 0.6 is 15.9 Å². The van der Waals surface area contributed by atoms with Crippen molar-refractivity contribution in [3.8, 4) is 11.8 Å². The van der Waals surface area contributed by atoms with E-state index in [4.69, 9.17) is 15.7 Å². The van der Waals surface area contributed by atoms with Gasteiger partial charge < -0.3 is 10.5 Å². The smallest absolute Gasteiger partial charge is 0.142 e. The molecule has 0 aromatic heterocycles. The minimum Gasteiger partial charge on any atom is -0.492 e. The lowest BCUT2D eigenvalue weighted by atomic mass is 9.99. The summed E-state index contributed by atoms with van der Waals surface area (Å²) in [7, 11) is 0. The van der Waals surface area contributed by atoms with E-state index in [9.17, 15) is 0 Å². The van der Waals surface area contributed by atoms with Crippen LogP contribution < -0.4 is 10.5 Å². The molecule has 1 atom stereocenters. The molecule has 0 fully saturated rings. The van der Waals surface area contributed by atoms with E-state index in [2.05, 4.69) is 22.0 Å². The molecule has 1 aromatic rings. The molecule has 1 aliphatic heterocycles. The Kier molecular flexibility index (Phi) is 2.44. The molecule has 14 heavy (non-hydrogen) atoms. The third-order valence-electron chi connectivity index (χ3n) is 2.31. The van der Waals surface area contributed by atoms with Crippen LogP contribution in [0.1, 0.15) is 23.6 Å². The fraction of sp³-hybridized carbons (Fsp3) is 0.300. The highest BCUT2D eigenvalue weighted by Gasteiger charge is 2.23. The first-order valence-electron chi connectivity index (χ1n) is 4.35. The molecule has 0 aliphatic carbocycles. The number of nitrogens with zero attached hydrogens (tertiary/aromatic N) is 1. The largest absolute Gasteiger partial charge is 0.492 e. The maximum absolute atomic E-state index is 8.88. The van der Waals surface area contributed by atoms with Crippen molar-refractivity contribution in [3.05, 3.63) is 27.7 Å². The van der Waals surface area contributed by atoms with Gasteiger partial charge in [-0.05, 0) is 12.1 Å². The maximum Gasteiger partial charge on any atom is 0.142 e. The molecule has 72 valence electrons. The molecule has 0 spiro atoms. The second kappa shape index (κ2) is 3.60. The zero-order valence-corrected chi connectivity index (χ0v) is 9.04. The van der Waals surface area contributed by atoms with E-state index in [0.717, 1.165) is 16.5 Å². The lowest BCUT2D eigenvalue weighted by Crippen LogP contribution is -2.21. The first-order valence-corrected chi connectivity index (χ1v) is 5.14. The Morgan fingerprint density at radius 2 is 2.36 bits per heavy atom. The zero-order chi connectivity index (χ0) is 10.1. The second-order valence-corrected chi connectivity index (χ2v) is 4.05. The highest BCUT2D eigenvalue weighted by Crippen LogP contribution is 2.38. The normalized spacial score (nSPS) is 19.4. The van der Waals surface area contributed by atoms with Gasteiger partial charge in [-0.3, -0.25) is 0 Å². The molecule has 1 aliphatic rings. The number of halogens is 1. The van der Waals surface area contributed by atoms with Crippen LogP contribution in [0.2, 0.25) is 0 Å². The van der Waals surface area contributed by atoms with Crippen molar-refractivity contribution in [2.75, 3.05) is 6.61 Å². The van der Waals surface area contributed by atoms with Gasteiger partial charge in [0.1, 0.15) is 11.8 Å². The summed E-state index contributed by atoms with van der Waals surface area (Å²) in [6.07, 6.45) is 0.792. The molecule has 0 saturated carbocycles.